The Morgan fingerprint density at radius 3 is 2.67 bits per heavy atom. The van der Waals surface area contributed by atoms with Gasteiger partial charge in [-0.2, -0.15) is 0 Å². The fourth-order valence-corrected chi connectivity index (χ4v) is 4.11. The number of nitrogens with one attached hydrogen (secondary N) is 2. The van der Waals surface area contributed by atoms with Crippen molar-refractivity contribution in [2.45, 2.75) is 19.4 Å². The van der Waals surface area contributed by atoms with E-state index in [2.05, 4.69) is 10.3 Å². The van der Waals surface area contributed by atoms with Crippen molar-refractivity contribution in [2.75, 3.05) is 7.11 Å². The van der Waals surface area contributed by atoms with E-state index in [1.54, 1.807) is 31.2 Å². The van der Waals surface area contributed by atoms with Crippen molar-refractivity contribution in [2.24, 2.45) is 11.7 Å². The molecule has 1 heterocycles. The summed E-state index contributed by atoms with van der Waals surface area (Å²) in [5, 5.41) is 12.0. The first-order valence-corrected chi connectivity index (χ1v) is 10.8. The molecule has 33 heavy (non-hydrogen) atoms. The van der Waals surface area contributed by atoms with Gasteiger partial charge in [0.15, 0.2) is 0 Å². The topological polar surface area (TPSA) is 118 Å². The molecule has 1 aromatic heterocycles. The van der Waals surface area contributed by atoms with Gasteiger partial charge >= 0.3 is 5.97 Å². The zero-order valence-electron chi connectivity index (χ0n) is 17.9. The van der Waals surface area contributed by atoms with Crippen LogP contribution in [0.4, 0.5) is 8.78 Å². The molecule has 0 saturated heterocycles. The number of amidine groups is 1. The molecule has 0 aliphatic carbocycles. The van der Waals surface area contributed by atoms with Crippen molar-refractivity contribution in [1.82, 2.24) is 10.3 Å². The molecule has 2 aromatic carbocycles. The lowest BCUT2D eigenvalue weighted by molar-refractivity contribution is -0.146. The second kappa shape index (κ2) is 10.3. The number of carbonyl (C=O) groups is 2. The molecule has 0 aliphatic heterocycles. The summed E-state index contributed by atoms with van der Waals surface area (Å²) in [6.07, 6.45) is 0.248. The molecule has 2 unspecified atom stereocenters. The van der Waals surface area contributed by atoms with Gasteiger partial charge < -0.3 is 15.8 Å². The monoisotopic (exact) mass is 472 g/mol. The van der Waals surface area contributed by atoms with E-state index in [1.165, 1.54) is 18.6 Å². The normalized spacial score (nSPS) is 12.6. The maximum absolute atomic E-state index is 14.0. The van der Waals surface area contributed by atoms with E-state index in [1.807, 2.05) is 0 Å². The first-order chi connectivity index (χ1) is 15.7. The van der Waals surface area contributed by atoms with Gasteiger partial charge in [-0.05, 0) is 37.1 Å². The van der Waals surface area contributed by atoms with Crippen molar-refractivity contribution in [3.05, 3.63) is 76.3 Å². The molecular weight excluding hydrogens is 450 g/mol. The Morgan fingerprint density at radius 1 is 1.24 bits per heavy atom. The average molecular weight is 473 g/mol. The molecule has 1 amide bonds. The van der Waals surface area contributed by atoms with Gasteiger partial charge in [0.05, 0.1) is 13.0 Å². The zero-order chi connectivity index (χ0) is 24.1. The van der Waals surface area contributed by atoms with Crippen molar-refractivity contribution >= 4 is 29.0 Å². The number of nitrogen functional groups attached to an aromatic ring is 1. The molecule has 2 atom stereocenters. The predicted molar refractivity (Wildman–Crippen MR) is 121 cm³/mol. The molecule has 0 spiro atoms. The van der Waals surface area contributed by atoms with Crippen molar-refractivity contribution < 1.29 is 23.1 Å². The van der Waals surface area contributed by atoms with Crippen molar-refractivity contribution in [3.63, 3.8) is 0 Å². The minimum Gasteiger partial charge on any atom is -0.469 e. The molecule has 0 saturated carbocycles. The summed E-state index contributed by atoms with van der Waals surface area (Å²) < 4.78 is 32.1. The largest absolute Gasteiger partial charge is 0.469 e. The van der Waals surface area contributed by atoms with Crippen LogP contribution in [0.5, 0.6) is 0 Å². The number of nitrogens with zero attached hydrogens (tertiary/aromatic N) is 1. The van der Waals surface area contributed by atoms with E-state index in [4.69, 9.17) is 15.9 Å². The number of halogens is 2. The number of hydrogen-bond donors (Lipinski definition) is 3. The van der Waals surface area contributed by atoms with Crippen LogP contribution in [0.3, 0.4) is 0 Å². The number of aromatic nitrogens is 1. The van der Waals surface area contributed by atoms with E-state index < -0.39 is 35.5 Å². The highest BCUT2D eigenvalue weighted by molar-refractivity contribution is 7.13. The second-order valence-corrected chi connectivity index (χ2v) is 8.23. The molecule has 3 aromatic rings. The molecule has 0 radical (unpaired) electrons. The highest BCUT2D eigenvalue weighted by Gasteiger charge is 2.28. The number of amides is 1. The quantitative estimate of drug-likeness (QED) is 0.263. The molecular formula is C23H22F2N4O3S. The Labute approximate surface area is 193 Å². The predicted octanol–water partition coefficient (Wildman–Crippen LogP) is 3.52. The molecule has 0 fully saturated rings. The van der Waals surface area contributed by atoms with Crippen LogP contribution in [-0.2, 0) is 16.0 Å². The summed E-state index contributed by atoms with van der Waals surface area (Å²) in [6.45, 7) is 1.67. The van der Waals surface area contributed by atoms with Gasteiger partial charge in [-0.25, -0.2) is 13.8 Å². The number of ether oxygens (including phenoxy) is 1. The van der Waals surface area contributed by atoms with Crippen LogP contribution in [0.25, 0.3) is 10.6 Å². The third kappa shape index (κ3) is 5.78. The fourth-order valence-electron chi connectivity index (χ4n) is 3.28. The maximum atomic E-state index is 14.0. The lowest BCUT2D eigenvalue weighted by atomic mass is 9.92. The SMILES string of the molecule is COC(=O)C(Cc1cccc(C(=N)N)c1)C(C)NC(=O)c1csc(-c2ccc(F)cc2F)n1. The number of methoxy groups -OCH3 is 1. The molecule has 7 nitrogen and oxygen atoms in total. The smallest absolute Gasteiger partial charge is 0.311 e. The van der Waals surface area contributed by atoms with Gasteiger partial charge in [-0.3, -0.25) is 15.0 Å². The van der Waals surface area contributed by atoms with E-state index >= 15 is 0 Å². The van der Waals surface area contributed by atoms with E-state index in [-0.39, 0.29) is 28.5 Å². The Balaban J connectivity index is 1.75. The Kier molecular flexibility index (Phi) is 7.49. The fraction of sp³-hybridized carbons (Fsp3) is 0.217. The van der Waals surface area contributed by atoms with Gasteiger partial charge in [-0.1, -0.05) is 18.2 Å². The summed E-state index contributed by atoms with van der Waals surface area (Å²) in [5.74, 6) is -3.34. The van der Waals surface area contributed by atoms with Crippen LogP contribution < -0.4 is 11.1 Å². The molecule has 0 aliphatic rings. The molecule has 0 bridgehead atoms. The summed E-state index contributed by atoms with van der Waals surface area (Å²) in [7, 11) is 1.26. The van der Waals surface area contributed by atoms with Gasteiger partial charge in [0.1, 0.15) is 28.2 Å². The first kappa shape index (κ1) is 24.0. The molecule has 10 heteroatoms. The van der Waals surface area contributed by atoms with Crippen LogP contribution in [0.15, 0.2) is 47.8 Å². The Bertz CT molecular complexity index is 1200. The van der Waals surface area contributed by atoms with E-state index in [0.29, 0.717) is 5.56 Å². The number of esters is 1. The van der Waals surface area contributed by atoms with Crippen LogP contribution in [0.1, 0.15) is 28.5 Å². The molecule has 3 rings (SSSR count). The minimum absolute atomic E-state index is 0.0489. The molecule has 4 N–H and O–H groups in total. The molecule has 172 valence electrons. The Hall–Kier alpha value is -3.66. The highest BCUT2D eigenvalue weighted by Crippen LogP contribution is 2.27. The van der Waals surface area contributed by atoms with Gasteiger partial charge in [0, 0.05) is 28.6 Å². The summed E-state index contributed by atoms with van der Waals surface area (Å²) >= 11 is 1.05. The number of carbonyl (C=O) groups excluding carboxylic acids is 2. The second-order valence-electron chi connectivity index (χ2n) is 7.37. The highest BCUT2D eigenvalue weighted by atomic mass is 32.1. The first-order valence-electron chi connectivity index (χ1n) is 9.92. The number of rotatable bonds is 8. The number of thiazole rings is 1. The van der Waals surface area contributed by atoms with E-state index in [9.17, 15) is 18.4 Å². The van der Waals surface area contributed by atoms with Gasteiger partial charge in [0.25, 0.3) is 5.91 Å². The maximum Gasteiger partial charge on any atom is 0.311 e. The average Bonchev–Trinajstić information content (AvgIpc) is 3.27. The number of nitrogens with two attached hydrogens (primary N) is 1. The standard InChI is InChI=1S/C23H22F2N4O3S/c1-12(17(23(31)32-2)9-13-4-3-5-14(8-13)20(26)27)28-21(30)19-11-33-22(29-19)16-7-6-15(24)10-18(16)25/h3-8,10-12,17H,9H2,1-2H3,(H3,26,27)(H,28,30). The summed E-state index contributed by atoms with van der Waals surface area (Å²) in [5.41, 5.74) is 6.95. The van der Waals surface area contributed by atoms with Crippen LogP contribution in [-0.4, -0.2) is 35.8 Å². The zero-order valence-corrected chi connectivity index (χ0v) is 18.7. The van der Waals surface area contributed by atoms with Gasteiger partial charge in [0.2, 0.25) is 0 Å². The summed E-state index contributed by atoms with van der Waals surface area (Å²) in [4.78, 5) is 29.3. The van der Waals surface area contributed by atoms with Crippen LogP contribution in [0.2, 0.25) is 0 Å². The lowest BCUT2D eigenvalue weighted by Gasteiger charge is -2.23. The van der Waals surface area contributed by atoms with Crippen molar-refractivity contribution in [3.8, 4) is 10.6 Å². The lowest BCUT2D eigenvalue weighted by Crippen LogP contribution is -2.42. The van der Waals surface area contributed by atoms with Gasteiger partial charge in [-0.15, -0.1) is 11.3 Å². The number of hydrogen-bond acceptors (Lipinski definition) is 6. The third-order valence-electron chi connectivity index (χ3n) is 5.06. The third-order valence-corrected chi connectivity index (χ3v) is 5.93. The van der Waals surface area contributed by atoms with E-state index in [0.717, 1.165) is 29.0 Å². The summed E-state index contributed by atoms with van der Waals surface area (Å²) in [6, 6.07) is 9.42. The minimum atomic E-state index is -0.775. The van der Waals surface area contributed by atoms with Crippen LogP contribution >= 0.6 is 11.3 Å². The van der Waals surface area contributed by atoms with Crippen LogP contribution in [0, 0.1) is 23.0 Å². The van der Waals surface area contributed by atoms with Crippen molar-refractivity contribution in [1.29, 1.82) is 5.41 Å². The Morgan fingerprint density at radius 2 is 2.00 bits per heavy atom. The number of benzene rings is 2.